The van der Waals surface area contributed by atoms with Crippen molar-refractivity contribution >= 4 is 18.0 Å². The number of hydrogen-bond donors (Lipinski definition) is 2. The minimum Gasteiger partial charge on any atom is -0.481 e. The molecule has 2 N–H and O–H groups in total. The van der Waals surface area contributed by atoms with Gasteiger partial charge in [0.05, 0.1) is 11.8 Å². The maximum absolute atomic E-state index is 13.3. The van der Waals surface area contributed by atoms with Crippen molar-refractivity contribution < 1.29 is 24.2 Å². The van der Waals surface area contributed by atoms with Crippen molar-refractivity contribution in [3.63, 3.8) is 0 Å². The summed E-state index contributed by atoms with van der Waals surface area (Å²) in [6, 6.07) is 16.0. The highest BCUT2D eigenvalue weighted by atomic mass is 16.5. The van der Waals surface area contributed by atoms with E-state index < -0.39 is 18.0 Å². The fraction of sp³-hybridized carbons (Fsp3) is 0.464. The smallest absolute Gasteiger partial charge is 0.407 e. The van der Waals surface area contributed by atoms with Gasteiger partial charge in [0, 0.05) is 24.5 Å². The summed E-state index contributed by atoms with van der Waals surface area (Å²) in [4.78, 5) is 39.2. The number of likely N-dealkylation sites (tertiary alicyclic amines) is 1. The van der Waals surface area contributed by atoms with Gasteiger partial charge >= 0.3 is 12.1 Å². The molecule has 5 rings (SSSR count). The van der Waals surface area contributed by atoms with Crippen LogP contribution in [0.25, 0.3) is 11.1 Å². The summed E-state index contributed by atoms with van der Waals surface area (Å²) in [7, 11) is 0. The summed E-state index contributed by atoms with van der Waals surface area (Å²) in [5.74, 6) is -1.47. The van der Waals surface area contributed by atoms with E-state index in [1.165, 1.54) is 11.1 Å². The van der Waals surface area contributed by atoms with Crippen LogP contribution >= 0.6 is 0 Å². The predicted molar refractivity (Wildman–Crippen MR) is 131 cm³/mol. The molecule has 1 heterocycles. The third-order valence-corrected chi connectivity index (χ3v) is 7.99. The lowest BCUT2D eigenvalue weighted by Crippen LogP contribution is -2.51. The number of fused-ring (bicyclic) bond motifs is 3. The van der Waals surface area contributed by atoms with Crippen molar-refractivity contribution in [1.29, 1.82) is 0 Å². The van der Waals surface area contributed by atoms with Gasteiger partial charge in [-0.15, -0.1) is 0 Å². The fourth-order valence-corrected chi connectivity index (χ4v) is 6.16. The fourth-order valence-electron chi connectivity index (χ4n) is 6.16. The van der Waals surface area contributed by atoms with Gasteiger partial charge in [0.2, 0.25) is 5.91 Å². The molecule has 0 unspecified atom stereocenters. The molecular formula is C28H32N2O5. The molecule has 1 saturated carbocycles. The number of carbonyl (C=O) groups is 3. The second-order valence-electron chi connectivity index (χ2n) is 10.1. The molecule has 4 atom stereocenters. The second-order valence-corrected chi connectivity index (χ2v) is 10.1. The summed E-state index contributed by atoms with van der Waals surface area (Å²) in [5, 5.41) is 12.3. The Kier molecular flexibility index (Phi) is 6.50. The Balaban J connectivity index is 1.20. The van der Waals surface area contributed by atoms with Gasteiger partial charge in [0.25, 0.3) is 0 Å². The summed E-state index contributed by atoms with van der Waals surface area (Å²) < 4.78 is 5.70. The first-order valence-electron chi connectivity index (χ1n) is 12.6. The largest absolute Gasteiger partial charge is 0.481 e. The van der Waals surface area contributed by atoms with Crippen LogP contribution < -0.4 is 5.32 Å². The van der Waals surface area contributed by atoms with Crippen LogP contribution in [0.3, 0.4) is 0 Å². The Morgan fingerprint density at radius 3 is 2.29 bits per heavy atom. The van der Waals surface area contributed by atoms with Gasteiger partial charge in [0.15, 0.2) is 0 Å². The number of benzene rings is 2. The Hall–Kier alpha value is -3.35. The minimum absolute atomic E-state index is 0.00876. The molecule has 2 aliphatic carbocycles. The van der Waals surface area contributed by atoms with Crippen molar-refractivity contribution in [3.8, 4) is 11.1 Å². The molecule has 2 amide bonds. The highest BCUT2D eigenvalue weighted by Crippen LogP contribution is 2.44. The van der Waals surface area contributed by atoms with Crippen molar-refractivity contribution in [2.24, 2.45) is 11.8 Å². The van der Waals surface area contributed by atoms with Gasteiger partial charge in [-0.3, -0.25) is 9.59 Å². The molecule has 3 aliphatic rings. The van der Waals surface area contributed by atoms with E-state index in [2.05, 4.69) is 29.6 Å². The molecule has 1 aliphatic heterocycles. The van der Waals surface area contributed by atoms with Crippen LogP contribution in [-0.2, 0) is 14.3 Å². The molecule has 2 aromatic carbocycles. The molecule has 0 aromatic heterocycles. The zero-order valence-corrected chi connectivity index (χ0v) is 20.0. The van der Waals surface area contributed by atoms with Crippen LogP contribution in [0, 0.1) is 11.8 Å². The van der Waals surface area contributed by atoms with E-state index in [1.54, 1.807) is 0 Å². The molecule has 0 spiro atoms. The molecule has 0 radical (unpaired) electrons. The third-order valence-electron chi connectivity index (χ3n) is 7.99. The number of carbonyl (C=O) groups excluding carboxylic acids is 2. The molecule has 2 fully saturated rings. The lowest BCUT2D eigenvalue weighted by Gasteiger charge is -2.38. The molecule has 7 nitrogen and oxygen atoms in total. The average molecular weight is 477 g/mol. The first-order chi connectivity index (χ1) is 16.9. The van der Waals surface area contributed by atoms with Gasteiger partial charge in [0.1, 0.15) is 6.61 Å². The summed E-state index contributed by atoms with van der Waals surface area (Å²) >= 11 is 0. The normalized spacial score (nSPS) is 25.6. The van der Waals surface area contributed by atoms with Gasteiger partial charge in [-0.25, -0.2) is 4.79 Å². The third kappa shape index (κ3) is 4.51. The summed E-state index contributed by atoms with van der Waals surface area (Å²) in [5.41, 5.74) is 4.68. The van der Waals surface area contributed by atoms with Crippen LogP contribution in [-0.4, -0.2) is 53.2 Å². The van der Waals surface area contributed by atoms with E-state index in [0.29, 0.717) is 19.4 Å². The van der Waals surface area contributed by atoms with Crippen LogP contribution in [0.4, 0.5) is 4.79 Å². The quantitative estimate of drug-likeness (QED) is 0.667. The first-order valence-corrected chi connectivity index (χ1v) is 12.6. The first kappa shape index (κ1) is 23.4. The van der Waals surface area contributed by atoms with Gasteiger partial charge in [-0.05, 0) is 54.9 Å². The molecule has 1 saturated heterocycles. The number of rotatable bonds is 5. The number of ether oxygens (including phenoxy) is 1. The van der Waals surface area contributed by atoms with Gasteiger partial charge in [-0.1, -0.05) is 55.0 Å². The summed E-state index contributed by atoms with van der Waals surface area (Å²) in [6.45, 7) is 2.60. The Morgan fingerprint density at radius 2 is 1.66 bits per heavy atom. The molecule has 0 bridgehead atoms. The molecule has 35 heavy (non-hydrogen) atoms. The zero-order valence-electron chi connectivity index (χ0n) is 20.0. The van der Waals surface area contributed by atoms with E-state index in [-0.39, 0.29) is 36.4 Å². The van der Waals surface area contributed by atoms with E-state index in [0.717, 1.165) is 30.4 Å². The van der Waals surface area contributed by atoms with Crippen LogP contribution in [0.2, 0.25) is 0 Å². The molecular weight excluding hydrogens is 444 g/mol. The standard InChI is InChI=1S/C28H32N2O5/c1-17-15-18(27(32)33)13-14-30(17)26(31)23-11-6-12-25(23)29-28(34)35-16-24-21-9-4-2-7-19(21)20-8-3-5-10-22(20)24/h2-5,7-10,17-18,23-25H,6,11-16H2,1H3,(H,29,34)(H,32,33)/t17-,18-,23-,25+/m0/s1. The molecule has 7 heteroatoms. The van der Waals surface area contributed by atoms with E-state index in [1.807, 2.05) is 36.1 Å². The maximum Gasteiger partial charge on any atom is 0.407 e. The number of carboxylic acid groups (broad SMARTS) is 1. The molecule has 184 valence electrons. The monoisotopic (exact) mass is 476 g/mol. The SMILES string of the molecule is C[C@H]1C[C@@H](C(=O)O)CCN1C(=O)[C@H]1CCC[C@H]1NC(=O)OCC1c2ccccc2-c2ccccc21. The van der Waals surface area contributed by atoms with Crippen molar-refractivity contribution in [2.75, 3.05) is 13.2 Å². The number of piperidine rings is 1. The Bertz CT molecular complexity index is 1090. The van der Waals surface area contributed by atoms with E-state index in [9.17, 15) is 19.5 Å². The maximum atomic E-state index is 13.3. The lowest BCUT2D eigenvalue weighted by molar-refractivity contribution is -0.149. The zero-order chi connectivity index (χ0) is 24.5. The number of aliphatic carboxylic acids is 1. The van der Waals surface area contributed by atoms with Crippen molar-refractivity contribution in [3.05, 3.63) is 59.7 Å². The number of nitrogens with one attached hydrogen (secondary N) is 1. The van der Waals surface area contributed by atoms with Crippen molar-refractivity contribution in [2.45, 2.75) is 57.0 Å². The predicted octanol–water partition coefficient (Wildman–Crippen LogP) is 4.41. The van der Waals surface area contributed by atoms with Gasteiger partial charge < -0.3 is 20.1 Å². The van der Waals surface area contributed by atoms with Gasteiger partial charge in [-0.2, -0.15) is 0 Å². The molecule has 2 aromatic rings. The van der Waals surface area contributed by atoms with E-state index >= 15 is 0 Å². The van der Waals surface area contributed by atoms with Crippen LogP contribution in [0.15, 0.2) is 48.5 Å². The van der Waals surface area contributed by atoms with Crippen molar-refractivity contribution in [1.82, 2.24) is 10.2 Å². The Labute approximate surface area is 205 Å². The van der Waals surface area contributed by atoms with Crippen LogP contribution in [0.1, 0.15) is 56.1 Å². The summed E-state index contributed by atoms with van der Waals surface area (Å²) in [6.07, 6.45) is 2.78. The number of carboxylic acids is 1. The second kappa shape index (κ2) is 9.72. The topological polar surface area (TPSA) is 95.9 Å². The number of amides is 2. The minimum atomic E-state index is -0.792. The average Bonchev–Trinajstić information content (AvgIpc) is 3.44. The highest BCUT2D eigenvalue weighted by Gasteiger charge is 2.40. The lowest BCUT2D eigenvalue weighted by atomic mass is 9.90. The Morgan fingerprint density at radius 1 is 1.00 bits per heavy atom. The number of alkyl carbamates (subject to hydrolysis) is 1. The number of nitrogens with zero attached hydrogens (tertiary/aromatic N) is 1. The van der Waals surface area contributed by atoms with E-state index in [4.69, 9.17) is 4.74 Å². The number of hydrogen-bond acceptors (Lipinski definition) is 4. The van der Waals surface area contributed by atoms with Crippen LogP contribution in [0.5, 0.6) is 0 Å². The highest BCUT2D eigenvalue weighted by molar-refractivity contribution is 5.82.